The number of hydrogen-bond acceptors (Lipinski definition) is 3. The molecule has 15 heavy (non-hydrogen) atoms. The standard InChI is InChI=1S/C9H18Cl2N2O2/c10-3-6-13(7-4-11)5-1-2-8(12)9(14)15/h8H,1-7,12H2,(H,14,15)/t8-/m0/s1. The third kappa shape index (κ3) is 7.85. The summed E-state index contributed by atoms with van der Waals surface area (Å²) in [6.45, 7) is 2.34. The molecule has 0 aliphatic heterocycles. The van der Waals surface area contributed by atoms with Gasteiger partial charge in [0.15, 0.2) is 0 Å². The normalized spacial score (nSPS) is 13.1. The molecule has 0 amide bonds. The van der Waals surface area contributed by atoms with Crippen molar-refractivity contribution in [3.8, 4) is 0 Å². The molecule has 0 aliphatic rings. The summed E-state index contributed by atoms with van der Waals surface area (Å²) >= 11 is 11.2. The van der Waals surface area contributed by atoms with Crippen LogP contribution in [0.5, 0.6) is 0 Å². The summed E-state index contributed by atoms with van der Waals surface area (Å²) < 4.78 is 0. The van der Waals surface area contributed by atoms with Gasteiger partial charge in [0.1, 0.15) is 6.04 Å². The lowest BCUT2D eigenvalue weighted by Gasteiger charge is -2.20. The van der Waals surface area contributed by atoms with E-state index in [9.17, 15) is 4.79 Å². The number of nitrogens with zero attached hydrogens (tertiary/aromatic N) is 1. The number of alkyl halides is 2. The maximum absolute atomic E-state index is 10.4. The lowest BCUT2D eigenvalue weighted by Crippen LogP contribution is -2.33. The van der Waals surface area contributed by atoms with E-state index in [1.807, 2.05) is 0 Å². The van der Waals surface area contributed by atoms with Crippen molar-refractivity contribution in [1.29, 1.82) is 0 Å². The largest absolute Gasteiger partial charge is 0.480 e. The van der Waals surface area contributed by atoms with Crippen molar-refractivity contribution in [2.45, 2.75) is 18.9 Å². The zero-order valence-electron chi connectivity index (χ0n) is 8.66. The molecular formula is C9H18Cl2N2O2. The number of carboxylic acid groups (broad SMARTS) is 1. The van der Waals surface area contributed by atoms with Crippen LogP contribution in [0.3, 0.4) is 0 Å². The van der Waals surface area contributed by atoms with Crippen LogP contribution in [-0.2, 0) is 4.79 Å². The maximum Gasteiger partial charge on any atom is 0.320 e. The second-order valence-corrected chi connectivity index (χ2v) is 4.06. The Bertz CT molecular complexity index is 175. The molecule has 0 aromatic rings. The van der Waals surface area contributed by atoms with Crippen molar-refractivity contribution < 1.29 is 9.90 Å². The Morgan fingerprint density at radius 2 is 1.80 bits per heavy atom. The summed E-state index contributed by atoms with van der Waals surface area (Å²) in [4.78, 5) is 12.6. The molecule has 0 aromatic carbocycles. The second kappa shape index (κ2) is 9.21. The number of rotatable bonds is 9. The van der Waals surface area contributed by atoms with E-state index >= 15 is 0 Å². The van der Waals surface area contributed by atoms with Crippen LogP contribution in [0, 0.1) is 0 Å². The Balaban J connectivity index is 3.64. The number of aliphatic carboxylic acids is 1. The van der Waals surface area contributed by atoms with Crippen LogP contribution in [0.25, 0.3) is 0 Å². The fraction of sp³-hybridized carbons (Fsp3) is 0.889. The Kier molecular flexibility index (Phi) is 9.20. The van der Waals surface area contributed by atoms with Crippen molar-refractivity contribution >= 4 is 29.2 Å². The minimum Gasteiger partial charge on any atom is -0.480 e. The molecule has 4 nitrogen and oxygen atoms in total. The molecule has 0 saturated heterocycles. The van der Waals surface area contributed by atoms with Gasteiger partial charge in [0, 0.05) is 24.8 Å². The number of carboxylic acids is 1. The molecule has 0 unspecified atom stereocenters. The average molecular weight is 257 g/mol. The van der Waals surface area contributed by atoms with Gasteiger partial charge in [-0.15, -0.1) is 23.2 Å². The van der Waals surface area contributed by atoms with E-state index in [2.05, 4.69) is 4.90 Å². The minimum atomic E-state index is -0.948. The molecule has 0 aliphatic carbocycles. The smallest absolute Gasteiger partial charge is 0.320 e. The van der Waals surface area contributed by atoms with Crippen molar-refractivity contribution in [1.82, 2.24) is 4.90 Å². The van der Waals surface area contributed by atoms with E-state index in [-0.39, 0.29) is 0 Å². The van der Waals surface area contributed by atoms with Gasteiger partial charge in [-0.1, -0.05) is 0 Å². The van der Waals surface area contributed by atoms with E-state index < -0.39 is 12.0 Å². The molecular weight excluding hydrogens is 239 g/mol. The Hall–Kier alpha value is -0.0300. The van der Waals surface area contributed by atoms with Gasteiger partial charge < -0.3 is 15.7 Å². The third-order valence-electron chi connectivity index (χ3n) is 2.11. The molecule has 1 atom stereocenters. The van der Waals surface area contributed by atoms with Crippen LogP contribution in [-0.4, -0.2) is 53.4 Å². The molecule has 0 heterocycles. The van der Waals surface area contributed by atoms with Crippen LogP contribution in [0.4, 0.5) is 0 Å². The van der Waals surface area contributed by atoms with Crippen molar-refractivity contribution in [2.24, 2.45) is 5.73 Å². The Labute approximate surface area is 100 Å². The fourth-order valence-electron chi connectivity index (χ4n) is 1.23. The van der Waals surface area contributed by atoms with Gasteiger partial charge in [-0.05, 0) is 19.4 Å². The first-order valence-electron chi connectivity index (χ1n) is 4.94. The van der Waals surface area contributed by atoms with Crippen LogP contribution in [0.2, 0.25) is 0 Å². The summed E-state index contributed by atoms with van der Waals surface area (Å²) in [7, 11) is 0. The number of hydrogen-bond donors (Lipinski definition) is 2. The zero-order valence-corrected chi connectivity index (χ0v) is 10.2. The molecule has 0 fully saturated rings. The second-order valence-electron chi connectivity index (χ2n) is 3.31. The van der Waals surface area contributed by atoms with Crippen molar-refractivity contribution in [2.75, 3.05) is 31.4 Å². The van der Waals surface area contributed by atoms with Gasteiger partial charge in [0.25, 0.3) is 0 Å². The highest BCUT2D eigenvalue weighted by Crippen LogP contribution is 2.00. The summed E-state index contributed by atoms with van der Waals surface area (Å²) in [6, 6.07) is -0.765. The lowest BCUT2D eigenvalue weighted by atomic mass is 10.1. The number of carbonyl (C=O) groups is 1. The predicted molar refractivity (Wildman–Crippen MR) is 62.7 cm³/mol. The van der Waals surface area contributed by atoms with Gasteiger partial charge in [-0.2, -0.15) is 0 Å². The Morgan fingerprint density at radius 1 is 1.27 bits per heavy atom. The van der Waals surface area contributed by atoms with Crippen LogP contribution in [0.1, 0.15) is 12.8 Å². The Morgan fingerprint density at radius 3 is 2.20 bits per heavy atom. The van der Waals surface area contributed by atoms with Crippen molar-refractivity contribution in [3.05, 3.63) is 0 Å². The summed E-state index contributed by atoms with van der Waals surface area (Å²) in [5.74, 6) is 0.167. The summed E-state index contributed by atoms with van der Waals surface area (Å²) in [5.41, 5.74) is 5.38. The fourth-order valence-corrected chi connectivity index (χ4v) is 1.71. The van der Waals surface area contributed by atoms with Crippen molar-refractivity contribution in [3.63, 3.8) is 0 Å². The van der Waals surface area contributed by atoms with E-state index in [0.717, 1.165) is 26.1 Å². The van der Waals surface area contributed by atoms with Gasteiger partial charge in [-0.3, -0.25) is 4.79 Å². The van der Waals surface area contributed by atoms with E-state index in [1.54, 1.807) is 0 Å². The molecule has 6 heteroatoms. The first kappa shape index (κ1) is 15.0. The molecule has 0 spiro atoms. The maximum atomic E-state index is 10.4. The minimum absolute atomic E-state index is 0.483. The first-order chi connectivity index (χ1) is 7.11. The SMILES string of the molecule is N[C@@H](CCCN(CCCl)CCCl)C(=O)O. The summed E-state index contributed by atoms with van der Waals surface area (Å²) in [6.07, 6.45) is 1.23. The van der Waals surface area contributed by atoms with Crippen LogP contribution >= 0.6 is 23.2 Å². The van der Waals surface area contributed by atoms with E-state index in [4.69, 9.17) is 34.0 Å². The highest BCUT2D eigenvalue weighted by molar-refractivity contribution is 6.18. The molecule has 3 N–H and O–H groups in total. The quantitative estimate of drug-likeness (QED) is 0.604. The van der Waals surface area contributed by atoms with E-state index in [0.29, 0.717) is 18.2 Å². The molecule has 0 bridgehead atoms. The zero-order chi connectivity index (χ0) is 11.7. The van der Waals surface area contributed by atoms with Gasteiger partial charge in [0.05, 0.1) is 0 Å². The molecule has 0 rings (SSSR count). The third-order valence-corrected chi connectivity index (χ3v) is 2.45. The highest BCUT2D eigenvalue weighted by atomic mass is 35.5. The average Bonchev–Trinajstić information content (AvgIpc) is 2.18. The number of halogens is 2. The van der Waals surface area contributed by atoms with Gasteiger partial charge in [0.2, 0.25) is 0 Å². The highest BCUT2D eigenvalue weighted by Gasteiger charge is 2.11. The predicted octanol–water partition coefficient (Wildman–Crippen LogP) is 0.958. The van der Waals surface area contributed by atoms with E-state index in [1.165, 1.54) is 0 Å². The molecule has 0 saturated carbocycles. The van der Waals surface area contributed by atoms with Gasteiger partial charge >= 0.3 is 5.97 Å². The van der Waals surface area contributed by atoms with Crippen LogP contribution in [0.15, 0.2) is 0 Å². The monoisotopic (exact) mass is 256 g/mol. The molecule has 0 radical (unpaired) electrons. The lowest BCUT2D eigenvalue weighted by molar-refractivity contribution is -0.138. The topological polar surface area (TPSA) is 66.6 Å². The first-order valence-corrected chi connectivity index (χ1v) is 6.01. The molecule has 0 aromatic heterocycles. The number of nitrogens with two attached hydrogens (primary N) is 1. The summed E-state index contributed by atoms with van der Waals surface area (Å²) in [5, 5.41) is 8.57. The molecule has 90 valence electrons. The van der Waals surface area contributed by atoms with Gasteiger partial charge in [-0.25, -0.2) is 0 Å². The van der Waals surface area contributed by atoms with Crippen LogP contribution < -0.4 is 5.73 Å².